The molecule has 2 N–H and O–H groups in total. The average Bonchev–Trinajstić information content (AvgIpc) is 3.14. The molecule has 4 aliphatic rings. The van der Waals surface area contributed by atoms with Gasteiger partial charge in [0.1, 0.15) is 36.1 Å². The van der Waals surface area contributed by atoms with Crippen LogP contribution < -0.4 is 9.47 Å². The number of phenols is 1. The number of unbranched alkanes of at least 4 members (excludes halogenated alkanes) is 1. The molecule has 0 fully saturated rings. The Morgan fingerprint density at radius 1 is 0.922 bits per heavy atom. The zero-order chi connectivity index (χ0) is 35.2. The molecule has 2 aliphatic heterocycles. The van der Waals surface area contributed by atoms with Gasteiger partial charge in [0.15, 0.2) is 11.5 Å². The Kier molecular flexibility index (Phi) is 10.6. The number of phenolic OH excluding ortho intramolecular Hbond substituents is 1. The molecular weight excluding hydrogens is 636 g/mol. The SMILES string of the molecule is COc1ccc2cc1OCc1cc3c4c(c(O)ccc4c1)C(C#COC(CC1C=C(O)C=CC1CCCCc1ccccc1)CC(=O)CC2)CC3. The van der Waals surface area contributed by atoms with Crippen molar-refractivity contribution >= 4 is 16.6 Å². The van der Waals surface area contributed by atoms with Crippen molar-refractivity contribution in [3.05, 3.63) is 125 Å². The van der Waals surface area contributed by atoms with Gasteiger partial charge >= 0.3 is 0 Å². The summed E-state index contributed by atoms with van der Waals surface area (Å²) in [5, 5.41) is 23.7. The predicted molar refractivity (Wildman–Crippen MR) is 200 cm³/mol. The number of aromatic hydroxyl groups is 1. The van der Waals surface area contributed by atoms with Crippen LogP contribution in [0.4, 0.5) is 0 Å². The van der Waals surface area contributed by atoms with E-state index in [2.05, 4.69) is 54.5 Å². The van der Waals surface area contributed by atoms with Crippen LogP contribution in [0.2, 0.25) is 0 Å². The highest BCUT2D eigenvalue weighted by Crippen LogP contribution is 2.42. The summed E-state index contributed by atoms with van der Waals surface area (Å²) < 4.78 is 18.2. The van der Waals surface area contributed by atoms with Gasteiger partial charge in [0.2, 0.25) is 0 Å². The van der Waals surface area contributed by atoms with E-state index in [1.54, 1.807) is 19.3 Å². The fourth-order valence-corrected chi connectivity index (χ4v) is 7.99. The van der Waals surface area contributed by atoms with Crippen LogP contribution in [0.3, 0.4) is 0 Å². The highest BCUT2D eigenvalue weighted by molar-refractivity contribution is 5.93. The Bertz CT molecular complexity index is 2000. The first-order valence-electron chi connectivity index (χ1n) is 18.3. The molecule has 0 spiro atoms. The fraction of sp³-hybridized carbons (Fsp3) is 0.356. The maximum Gasteiger partial charge on any atom is 0.161 e. The summed E-state index contributed by atoms with van der Waals surface area (Å²) >= 11 is 0. The second kappa shape index (κ2) is 15.8. The number of Topliss-reactive ketones (excluding diaryl/α,β-unsaturated/α-hetero) is 1. The minimum Gasteiger partial charge on any atom is -0.508 e. The van der Waals surface area contributed by atoms with Gasteiger partial charge in [-0.05, 0) is 126 Å². The number of hydrogen-bond acceptors (Lipinski definition) is 6. The molecule has 0 amide bonds. The molecule has 51 heavy (non-hydrogen) atoms. The Morgan fingerprint density at radius 2 is 1.80 bits per heavy atom. The molecule has 4 aromatic carbocycles. The summed E-state index contributed by atoms with van der Waals surface area (Å²) in [5.41, 5.74) is 5.38. The van der Waals surface area contributed by atoms with Crippen LogP contribution in [0.15, 0.2) is 96.8 Å². The van der Waals surface area contributed by atoms with Crippen molar-refractivity contribution in [3.8, 4) is 29.3 Å². The van der Waals surface area contributed by atoms with E-state index in [4.69, 9.17) is 14.2 Å². The number of ether oxygens (including phenoxy) is 3. The molecule has 2 aliphatic carbocycles. The summed E-state index contributed by atoms with van der Waals surface area (Å²) in [7, 11) is 1.63. The minimum atomic E-state index is -0.447. The van der Waals surface area contributed by atoms with Crippen LogP contribution in [0, 0.1) is 23.9 Å². The van der Waals surface area contributed by atoms with Crippen molar-refractivity contribution in [1.29, 1.82) is 0 Å². The number of rotatable bonds is 8. The first kappa shape index (κ1) is 34.3. The number of benzene rings is 4. The molecule has 6 heteroatoms. The lowest BCUT2D eigenvalue weighted by Gasteiger charge is -2.28. The van der Waals surface area contributed by atoms with Gasteiger partial charge < -0.3 is 24.4 Å². The van der Waals surface area contributed by atoms with E-state index >= 15 is 0 Å². The van der Waals surface area contributed by atoms with Crippen LogP contribution in [0.5, 0.6) is 17.2 Å². The average molecular weight is 683 g/mol. The van der Waals surface area contributed by atoms with E-state index in [1.165, 1.54) is 11.1 Å². The molecular formula is C45H46O6. The summed E-state index contributed by atoms with van der Waals surface area (Å²) in [4.78, 5) is 13.6. The summed E-state index contributed by atoms with van der Waals surface area (Å²) in [6.45, 7) is 0.366. The van der Waals surface area contributed by atoms with Gasteiger partial charge in [0.25, 0.3) is 0 Å². The van der Waals surface area contributed by atoms with Crippen molar-refractivity contribution in [1.82, 2.24) is 0 Å². The van der Waals surface area contributed by atoms with Gasteiger partial charge in [0.05, 0.1) is 13.0 Å². The lowest BCUT2D eigenvalue weighted by atomic mass is 9.80. The lowest BCUT2D eigenvalue weighted by molar-refractivity contribution is -0.121. The van der Waals surface area contributed by atoms with Crippen molar-refractivity contribution in [2.45, 2.75) is 82.8 Å². The monoisotopic (exact) mass is 682 g/mol. The number of allylic oxidation sites excluding steroid dienone is 3. The second-order valence-corrected chi connectivity index (χ2v) is 14.2. The standard InChI is InChI=1S/C45H46O6/c1-49-42-20-12-31-11-17-39(47)28-40(27-37-26-38(46)18-15-33(37)10-6-5-9-30-7-3-2-4-8-30)50-22-21-34-13-14-35-23-32(29-51-43(42)25-31)24-36-16-19-41(48)45(34)44(35)36/h2-4,7-8,12,15-16,18-20,23-26,33-34,37,40,46,48H,5-6,9-11,13-14,17,27-29H2,1H3. The van der Waals surface area contributed by atoms with E-state index in [1.807, 2.05) is 36.4 Å². The number of aliphatic hydroxyl groups is 1. The molecule has 0 saturated carbocycles. The van der Waals surface area contributed by atoms with Gasteiger partial charge in [-0.3, -0.25) is 4.79 Å². The van der Waals surface area contributed by atoms with Crippen molar-refractivity contribution in [3.63, 3.8) is 0 Å². The molecule has 262 valence electrons. The van der Waals surface area contributed by atoms with Crippen LogP contribution in [0.25, 0.3) is 10.8 Å². The number of aliphatic hydroxyl groups excluding tert-OH is 1. The Labute approximate surface area is 300 Å². The molecule has 0 radical (unpaired) electrons. The molecule has 6 nitrogen and oxygen atoms in total. The third kappa shape index (κ3) is 8.26. The number of carbonyl (C=O) groups is 1. The zero-order valence-corrected chi connectivity index (χ0v) is 29.3. The fourth-order valence-electron chi connectivity index (χ4n) is 7.99. The van der Waals surface area contributed by atoms with Crippen LogP contribution >= 0.6 is 0 Å². The van der Waals surface area contributed by atoms with Crippen molar-refractivity contribution in [2.24, 2.45) is 11.8 Å². The molecule has 4 unspecified atom stereocenters. The minimum absolute atomic E-state index is 0.0165. The van der Waals surface area contributed by atoms with Crippen LogP contribution in [0.1, 0.15) is 78.7 Å². The normalized spacial score (nSPS) is 21.5. The van der Waals surface area contributed by atoms with E-state index in [-0.39, 0.29) is 41.5 Å². The Balaban J connectivity index is 1.15. The van der Waals surface area contributed by atoms with Gasteiger partial charge in [0, 0.05) is 18.4 Å². The highest BCUT2D eigenvalue weighted by atomic mass is 16.5. The Hall–Kier alpha value is -5.15. The van der Waals surface area contributed by atoms with Crippen molar-refractivity contribution in [2.75, 3.05) is 7.11 Å². The van der Waals surface area contributed by atoms with Gasteiger partial charge in [-0.1, -0.05) is 66.9 Å². The van der Waals surface area contributed by atoms with Gasteiger partial charge in [-0.15, -0.1) is 0 Å². The molecule has 0 aromatic heterocycles. The van der Waals surface area contributed by atoms with E-state index in [0.29, 0.717) is 37.4 Å². The maximum atomic E-state index is 13.6. The topological polar surface area (TPSA) is 85.2 Å². The van der Waals surface area contributed by atoms with Crippen molar-refractivity contribution < 1.29 is 29.2 Å². The smallest absolute Gasteiger partial charge is 0.161 e. The number of aryl methyl sites for hydroxylation is 3. The first-order chi connectivity index (χ1) is 24.9. The number of fused-ring (bicyclic) bond motifs is 7. The Morgan fingerprint density at radius 3 is 2.67 bits per heavy atom. The third-order valence-corrected chi connectivity index (χ3v) is 10.6. The second-order valence-electron chi connectivity index (χ2n) is 14.2. The van der Waals surface area contributed by atoms with E-state index in [9.17, 15) is 15.0 Å². The lowest BCUT2D eigenvalue weighted by Crippen LogP contribution is -2.24. The van der Waals surface area contributed by atoms with Gasteiger partial charge in [-0.2, -0.15) is 0 Å². The highest BCUT2D eigenvalue weighted by Gasteiger charge is 2.28. The quantitative estimate of drug-likeness (QED) is 0.142. The van der Waals surface area contributed by atoms with E-state index < -0.39 is 6.10 Å². The van der Waals surface area contributed by atoms with Gasteiger partial charge in [-0.25, -0.2) is 0 Å². The number of methoxy groups -OCH3 is 1. The number of ketones is 1. The summed E-state index contributed by atoms with van der Waals surface area (Å²) in [6.07, 6.45) is 15.8. The largest absolute Gasteiger partial charge is 0.508 e. The maximum absolute atomic E-state index is 13.6. The van der Waals surface area contributed by atoms with E-state index in [0.717, 1.165) is 66.0 Å². The molecule has 8 bridgehead atoms. The third-order valence-electron chi connectivity index (χ3n) is 10.6. The molecule has 4 aromatic rings. The first-order valence-corrected chi connectivity index (χ1v) is 18.3. The van der Waals surface area contributed by atoms with Crippen LogP contribution in [-0.2, 0) is 35.4 Å². The van der Waals surface area contributed by atoms with Crippen LogP contribution in [-0.4, -0.2) is 29.2 Å². The molecule has 2 heterocycles. The molecule has 8 rings (SSSR count). The number of carbonyl (C=O) groups excluding carboxylic acids is 1. The molecule has 4 atom stereocenters. The number of hydrogen-bond donors (Lipinski definition) is 2. The molecule has 0 saturated heterocycles. The zero-order valence-electron chi connectivity index (χ0n) is 29.3. The summed E-state index contributed by atoms with van der Waals surface area (Å²) in [6, 6.07) is 24.4. The predicted octanol–water partition coefficient (Wildman–Crippen LogP) is 9.46. The summed E-state index contributed by atoms with van der Waals surface area (Å²) in [5.74, 6) is 5.24.